The molecule has 1 amide bonds. The summed E-state index contributed by atoms with van der Waals surface area (Å²) in [6.07, 6.45) is 13.9. The van der Waals surface area contributed by atoms with E-state index in [1.54, 1.807) is 17.5 Å². The van der Waals surface area contributed by atoms with E-state index in [9.17, 15) is 4.79 Å². The molecule has 0 radical (unpaired) electrons. The fraction of sp³-hybridized carbons (Fsp3) is 0.700. The summed E-state index contributed by atoms with van der Waals surface area (Å²) in [7, 11) is 0. The highest BCUT2D eigenvalue weighted by molar-refractivity contribution is 7.11. The van der Waals surface area contributed by atoms with Gasteiger partial charge in [-0.1, -0.05) is 23.5 Å². The van der Waals surface area contributed by atoms with Crippen molar-refractivity contribution in [3.8, 4) is 5.19 Å². The molecule has 4 rings (SSSR count). The summed E-state index contributed by atoms with van der Waals surface area (Å²) in [5, 5.41) is 2.76. The van der Waals surface area contributed by atoms with Crippen molar-refractivity contribution in [1.29, 1.82) is 0 Å². The molecule has 0 bridgehead atoms. The van der Waals surface area contributed by atoms with Crippen LogP contribution in [0.4, 0.5) is 0 Å². The molecule has 0 unspecified atom stereocenters. The first-order valence-corrected chi connectivity index (χ1v) is 10.9. The molecule has 1 aromatic rings. The number of thiazole rings is 1. The van der Waals surface area contributed by atoms with E-state index >= 15 is 0 Å². The molecule has 2 aliphatic heterocycles. The topological polar surface area (TPSA) is 45.7 Å². The van der Waals surface area contributed by atoms with Crippen molar-refractivity contribution in [2.45, 2.75) is 57.1 Å². The second-order valence-corrected chi connectivity index (χ2v) is 8.55. The number of hydrogen-bond donors (Lipinski definition) is 0. The van der Waals surface area contributed by atoms with Crippen LogP contribution in [0.1, 0.15) is 44.9 Å². The Morgan fingerprint density at radius 1 is 1.08 bits per heavy atom. The lowest BCUT2D eigenvalue weighted by molar-refractivity contribution is -0.137. The maximum atomic E-state index is 12.7. The van der Waals surface area contributed by atoms with Crippen LogP contribution in [-0.2, 0) is 4.79 Å². The Kier molecular flexibility index (Phi) is 5.90. The molecule has 0 saturated carbocycles. The van der Waals surface area contributed by atoms with Gasteiger partial charge in [0.2, 0.25) is 5.91 Å². The Hall–Kier alpha value is -1.40. The predicted octanol–water partition coefficient (Wildman–Crippen LogP) is 3.33. The predicted molar refractivity (Wildman–Crippen MR) is 103 cm³/mol. The lowest BCUT2D eigenvalue weighted by atomic mass is 9.91. The van der Waals surface area contributed by atoms with Crippen LogP contribution in [0.3, 0.4) is 0 Å². The number of piperidine rings is 2. The largest absolute Gasteiger partial charge is 0.467 e. The number of ether oxygens (including phenoxy) is 1. The molecule has 142 valence electrons. The molecule has 1 aromatic heterocycles. The molecular formula is C20H29N3O2S. The quantitative estimate of drug-likeness (QED) is 0.757. The molecule has 0 spiro atoms. The van der Waals surface area contributed by atoms with Crippen LogP contribution < -0.4 is 4.74 Å². The average molecular weight is 376 g/mol. The first-order chi connectivity index (χ1) is 12.8. The first kappa shape index (κ1) is 18.0. The Morgan fingerprint density at radius 3 is 2.54 bits per heavy atom. The van der Waals surface area contributed by atoms with Crippen molar-refractivity contribution in [3.05, 3.63) is 23.7 Å². The van der Waals surface area contributed by atoms with Crippen LogP contribution in [0.2, 0.25) is 0 Å². The molecule has 2 saturated heterocycles. The van der Waals surface area contributed by atoms with Crippen LogP contribution in [0, 0.1) is 5.92 Å². The van der Waals surface area contributed by atoms with Gasteiger partial charge in [0.05, 0.1) is 0 Å². The van der Waals surface area contributed by atoms with Gasteiger partial charge in [-0.25, -0.2) is 4.98 Å². The molecule has 2 fully saturated rings. The van der Waals surface area contributed by atoms with Crippen molar-refractivity contribution in [2.24, 2.45) is 5.92 Å². The SMILES string of the molecule is O=C([C@@H]1CC=CCC1)N1CCC(N2CCC(Oc3nccs3)CC2)CC1. The molecule has 26 heavy (non-hydrogen) atoms. The smallest absolute Gasteiger partial charge is 0.273 e. The van der Waals surface area contributed by atoms with Gasteiger partial charge in [0.1, 0.15) is 6.10 Å². The molecule has 6 heteroatoms. The number of allylic oxidation sites excluding steroid dienone is 2. The molecule has 0 N–H and O–H groups in total. The highest BCUT2D eigenvalue weighted by Crippen LogP contribution is 2.27. The average Bonchev–Trinajstić information content (AvgIpc) is 3.22. The van der Waals surface area contributed by atoms with Gasteiger partial charge < -0.3 is 9.64 Å². The van der Waals surface area contributed by atoms with Gasteiger partial charge in [0.15, 0.2) is 0 Å². The molecule has 1 aliphatic carbocycles. The summed E-state index contributed by atoms with van der Waals surface area (Å²) in [6.45, 7) is 4.06. The second-order valence-electron chi connectivity index (χ2n) is 7.69. The van der Waals surface area contributed by atoms with Crippen molar-refractivity contribution < 1.29 is 9.53 Å². The van der Waals surface area contributed by atoms with Crippen LogP contribution in [0.25, 0.3) is 0 Å². The van der Waals surface area contributed by atoms with Gasteiger partial charge in [-0.2, -0.15) is 0 Å². The highest BCUT2D eigenvalue weighted by atomic mass is 32.1. The lowest BCUT2D eigenvalue weighted by Gasteiger charge is -2.42. The van der Waals surface area contributed by atoms with Gasteiger partial charge >= 0.3 is 0 Å². The van der Waals surface area contributed by atoms with Gasteiger partial charge in [0, 0.05) is 49.7 Å². The number of amides is 1. The highest BCUT2D eigenvalue weighted by Gasteiger charge is 2.32. The Morgan fingerprint density at radius 2 is 1.88 bits per heavy atom. The molecule has 0 aromatic carbocycles. The Labute approximate surface area is 160 Å². The van der Waals surface area contributed by atoms with Crippen molar-refractivity contribution in [3.63, 3.8) is 0 Å². The number of hydrogen-bond acceptors (Lipinski definition) is 5. The van der Waals surface area contributed by atoms with Crippen molar-refractivity contribution in [2.75, 3.05) is 26.2 Å². The van der Waals surface area contributed by atoms with Crippen LogP contribution >= 0.6 is 11.3 Å². The third kappa shape index (κ3) is 4.29. The van der Waals surface area contributed by atoms with Gasteiger partial charge in [0.25, 0.3) is 5.19 Å². The van der Waals surface area contributed by atoms with Crippen LogP contribution in [0.5, 0.6) is 5.19 Å². The zero-order valence-corrected chi connectivity index (χ0v) is 16.2. The number of carbonyl (C=O) groups excluding carboxylic acids is 1. The number of rotatable bonds is 4. The van der Waals surface area contributed by atoms with E-state index in [1.807, 2.05) is 5.38 Å². The Balaban J connectivity index is 1.20. The zero-order chi connectivity index (χ0) is 17.8. The van der Waals surface area contributed by atoms with E-state index in [0.717, 1.165) is 76.3 Å². The van der Waals surface area contributed by atoms with E-state index in [2.05, 4.69) is 26.9 Å². The van der Waals surface area contributed by atoms with Gasteiger partial charge in [-0.05, 0) is 44.9 Å². The summed E-state index contributed by atoms with van der Waals surface area (Å²) in [5.41, 5.74) is 0. The van der Waals surface area contributed by atoms with Crippen LogP contribution in [-0.4, -0.2) is 59.0 Å². The molecule has 3 aliphatic rings. The second kappa shape index (κ2) is 8.53. The normalized spacial score (nSPS) is 26.2. The lowest BCUT2D eigenvalue weighted by Crippen LogP contribution is -2.51. The maximum absolute atomic E-state index is 12.7. The minimum Gasteiger partial charge on any atom is -0.467 e. The fourth-order valence-electron chi connectivity index (χ4n) is 4.50. The summed E-state index contributed by atoms with van der Waals surface area (Å²) in [4.78, 5) is 21.7. The minimum atomic E-state index is 0.232. The molecule has 1 atom stereocenters. The van der Waals surface area contributed by atoms with E-state index in [-0.39, 0.29) is 5.92 Å². The van der Waals surface area contributed by atoms with Crippen LogP contribution in [0.15, 0.2) is 23.7 Å². The first-order valence-electron chi connectivity index (χ1n) is 10.0. The molecule has 5 nitrogen and oxygen atoms in total. The molecular weight excluding hydrogens is 346 g/mol. The third-order valence-corrected chi connectivity index (χ3v) is 6.73. The Bertz CT molecular complexity index is 603. The monoisotopic (exact) mass is 375 g/mol. The summed E-state index contributed by atoms with van der Waals surface area (Å²) < 4.78 is 5.97. The summed E-state index contributed by atoms with van der Waals surface area (Å²) in [5.74, 6) is 0.624. The number of likely N-dealkylation sites (tertiary alicyclic amines) is 2. The summed E-state index contributed by atoms with van der Waals surface area (Å²) in [6, 6.07) is 0.631. The number of carbonyl (C=O) groups is 1. The zero-order valence-electron chi connectivity index (χ0n) is 15.4. The van der Waals surface area contributed by atoms with Crippen molar-refractivity contribution >= 4 is 17.2 Å². The number of nitrogens with zero attached hydrogens (tertiary/aromatic N) is 3. The van der Waals surface area contributed by atoms with E-state index < -0.39 is 0 Å². The van der Waals surface area contributed by atoms with E-state index in [0.29, 0.717) is 18.1 Å². The summed E-state index contributed by atoms with van der Waals surface area (Å²) >= 11 is 1.57. The van der Waals surface area contributed by atoms with E-state index in [4.69, 9.17) is 4.74 Å². The van der Waals surface area contributed by atoms with E-state index in [1.165, 1.54) is 0 Å². The third-order valence-electron chi connectivity index (χ3n) is 6.06. The number of aromatic nitrogens is 1. The fourth-order valence-corrected chi connectivity index (χ4v) is 5.05. The minimum absolute atomic E-state index is 0.232. The standard InChI is InChI=1S/C20H29N3O2S/c24-19(16-4-2-1-3-5-16)23-11-6-17(7-12-23)22-13-8-18(9-14-22)25-20-21-10-15-26-20/h1-2,10,15-18H,3-9,11-14H2/t16-/m1/s1. The van der Waals surface area contributed by atoms with Gasteiger partial charge in [-0.3, -0.25) is 9.69 Å². The van der Waals surface area contributed by atoms with Crippen molar-refractivity contribution in [1.82, 2.24) is 14.8 Å². The molecule has 3 heterocycles. The maximum Gasteiger partial charge on any atom is 0.273 e. The van der Waals surface area contributed by atoms with Gasteiger partial charge in [-0.15, -0.1) is 0 Å².